The molecule has 0 atom stereocenters. The third kappa shape index (κ3) is 4.60. The Labute approximate surface area is 186 Å². The first kappa shape index (κ1) is 20.6. The molecule has 156 valence electrons. The van der Waals surface area contributed by atoms with Crippen LogP contribution in [0.3, 0.4) is 0 Å². The number of aryl methyl sites for hydroxylation is 1. The number of hydrogen-bond acceptors (Lipinski definition) is 8. The van der Waals surface area contributed by atoms with Gasteiger partial charge in [-0.1, -0.05) is 23.5 Å². The van der Waals surface area contributed by atoms with Gasteiger partial charge in [-0.05, 0) is 31.2 Å². The van der Waals surface area contributed by atoms with Gasteiger partial charge >= 0.3 is 0 Å². The smallest absolute Gasteiger partial charge is 0.261 e. The van der Waals surface area contributed by atoms with Crippen LogP contribution >= 0.6 is 22.7 Å². The van der Waals surface area contributed by atoms with Crippen molar-refractivity contribution < 1.29 is 14.3 Å². The van der Waals surface area contributed by atoms with E-state index in [0.717, 1.165) is 10.6 Å². The number of carbonyl (C=O) groups is 2. The number of nitrogens with one attached hydrogen (secondary N) is 2. The predicted molar refractivity (Wildman–Crippen MR) is 121 cm³/mol. The van der Waals surface area contributed by atoms with E-state index in [-0.39, 0.29) is 11.8 Å². The number of thiazole rings is 2. The van der Waals surface area contributed by atoms with Crippen LogP contribution in [0.1, 0.15) is 26.4 Å². The molecule has 0 aliphatic carbocycles. The molecule has 1 aromatic carbocycles. The van der Waals surface area contributed by atoms with Crippen molar-refractivity contribution in [3.63, 3.8) is 0 Å². The molecule has 0 saturated carbocycles. The summed E-state index contributed by atoms with van der Waals surface area (Å²) in [6.45, 7) is 1.85. The zero-order chi connectivity index (χ0) is 21.8. The summed E-state index contributed by atoms with van der Waals surface area (Å²) in [4.78, 5) is 38.6. The molecule has 0 bridgehead atoms. The van der Waals surface area contributed by atoms with Gasteiger partial charge in [-0.3, -0.25) is 25.2 Å². The molecular weight excluding hydrogens is 434 g/mol. The van der Waals surface area contributed by atoms with E-state index < -0.39 is 0 Å². The number of benzene rings is 1. The number of rotatable bonds is 6. The van der Waals surface area contributed by atoms with Gasteiger partial charge in [0.25, 0.3) is 11.8 Å². The van der Waals surface area contributed by atoms with Gasteiger partial charge in [0.2, 0.25) is 0 Å². The number of amides is 2. The number of ether oxygens (including phenoxy) is 1. The minimum atomic E-state index is -0.305. The van der Waals surface area contributed by atoms with Crippen molar-refractivity contribution in [1.29, 1.82) is 0 Å². The molecule has 31 heavy (non-hydrogen) atoms. The fourth-order valence-corrected chi connectivity index (χ4v) is 4.48. The quantitative estimate of drug-likeness (QED) is 0.448. The molecule has 0 saturated heterocycles. The van der Waals surface area contributed by atoms with Crippen molar-refractivity contribution >= 4 is 44.8 Å². The van der Waals surface area contributed by atoms with E-state index in [9.17, 15) is 9.59 Å². The minimum Gasteiger partial charge on any atom is -0.496 e. The number of methoxy groups -OCH3 is 1. The summed E-state index contributed by atoms with van der Waals surface area (Å²) in [7, 11) is 1.52. The van der Waals surface area contributed by atoms with Crippen molar-refractivity contribution in [2.75, 3.05) is 17.7 Å². The van der Waals surface area contributed by atoms with Crippen molar-refractivity contribution in [3.05, 3.63) is 71.0 Å². The molecule has 4 aromatic rings. The van der Waals surface area contributed by atoms with Gasteiger partial charge in [0.1, 0.15) is 5.75 Å². The molecular formula is C21H17N5O3S2. The lowest BCUT2D eigenvalue weighted by Gasteiger charge is -2.06. The topological polar surface area (TPSA) is 106 Å². The maximum atomic E-state index is 12.6. The van der Waals surface area contributed by atoms with Crippen LogP contribution in [-0.2, 0) is 0 Å². The summed E-state index contributed by atoms with van der Waals surface area (Å²) in [5, 5.41) is 8.35. The normalized spacial score (nSPS) is 10.5. The van der Waals surface area contributed by atoms with E-state index in [1.807, 2.05) is 12.3 Å². The molecule has 0 aliphatic heterocycles. The summed E-state index contributed by atoms with van der Waals surface area (Å²) in [6.07, 6.45) is 3.10. The highest BCUT2D eigenvalue weighted by molar-refractivity contribution is 7.20. The first-order valence-corrected chi connectivity index (χ1v) is 10.8. The van der Waals surface area contributed by atoms with Gasteiger partial charge < -0.3 is 4.74 Å². The van der Waals surface area contributed by atoms with Crippen molar-refractivity contribution in [3.8, 4) is 16.3 Å². The second kappa shape index (κ2) is 9.02. The van der Waals surface area contributed by atoms with Gasteiger partial charge in [0.15, 0.2) is 10.3 Å². The van der Waals surface area contributed by atoms with E-state index >= 15 is 0 Å². The lowest BCUT2D eigenvalue weighted by Crippen LogP contribution is -2.12. The van der Waals surface area contributed by atoms with Crippen LogP contribution < -0.4 is 15.4 Å². The highest BCUT2D eigenvalue weighted by atomic mass is 32.1. The standard InChI is InChI=1S/C21H17N5O3S2/c1-12-17(15-11-30-20(24-15)25-18(27)13-6-5-9-22-10-13)31-21(23-12)26-19(28)14-7-3-4-8-16(14)29-2/h3-11H,1-2H3,(H,23,26,28)(H,24,25,27). The zero-order valence-corrected chi connectivity index (χ0v) is 18.2. The largest absolute Gasteiger partial charge is 0.496 e. The molecule has 0 unspecified atom stereocenters. The number of pyridine rings is 1. The third-order valence-electron chi connectivity index (χ3n) is 4.25. The first-order chi connectivity index (χ1) is 15.0. The van der Waals surface area contributed by atoms with Crippen LogP contribution in [0.15, 0.2) is 54.2 Å². The van der Waals surface area contributed by atoms with Crippen LogP contribution in [-0.4, -0.2) is 33.9 Å². The average molecular weight is 452 g/mol. The summed E-state index contributed by atoms with van der Waals surface area (Å²) >= 11 is 2.63. The summed E-state index contributed by atoms with van der Waals surface area (Å²) in [5.74, 6) is -0.0951. The Bertz CT molecular complexity index is 1240. The Morgan fingerprint density at radius 2 is 1.81 bits per heavy atom. The molecule has 3 aromatic heterocycles. The predicted octanol–water partition coefficient (Wildman–Crippen LogP) is 4.48. The number of hydrogen-bond donors (Lipinski definition) is 2. The van der Waals surface area contributed by atoms with Crippen LogP contribution in [0.2, 0.25) is 0 Å². The molecule has 8 nitrogen and oxygen atoms in total. The zero-order valence-electron chi connectivity index (χ0n) is 16.6. The van der Waals surface area contributed by atoms with Crippen molar-refractivity contribution in [2.24, 2.45) is 0 Å². The number of anilines is 2. The molecule has 4 rings (SSSR count). The van der Waals surface area contributed by atoms with Gasteiger partial charge in [-0.2, -0.15) is 0 Å². The average Bonchev–Trinajstić information content (AvgIpc) is 3.40. The van der Waals surface area contributed by atoms with Gasteiger partial charge in [0.05, 0.1) is 34.5 Å². The second-order valence-corrected chi connectivity index (χ2v) is 8.18. The fourth-order valence-electron chi connectivity index (χ4n) is 2.79. The molecule has 2 N–H and O–H groups in total. The van der Waals surface area contributed by atoms with Crippen molar-refractivity contribution in [2.45, 2.75) is 6.92 Å². The van der Waals surface area contributed by atoms with Gasteiger partial charge in [0, 0.05) is 17.8 Å². The van der Waals surface area contributed by atoms with E-state index in [0.29, 0.717) is 32.8 Å². The molecule has 10 heteroatoms. The lowest BCUT2D eigenvalue weighted by atomic mass is 10.2. The number of para-hydroxylation sites is 1. The monoisotopic (exact) mass is 451 g/mol. The van der Waals surface area contributed by atoms with E-state index in [2.05, 4.69) is 25.6 Å². The van der Waals surface area contributed by atoms with Gasteiger partial charge in [-0.15, -0.1) is 11.3 Å². The summed E-state index contributed by atoms with van der Waals surface area (Å²) in [5.41, 5.74) is 2.29. The van der Waals surface area contributed by atoms with E-state index in [4.69, 9.17) is 4.74 Å². The van der Waals surface area contributed by atoms with Crippen molar-refractivity contribution in [1.82, 2.24) is 15.0 Å². The Kier molecular flexibility index (Phi) is 6.01. The van der Waals surface area contributed by atoms with Crippen LogP contribution in [0, 0.1) is 6.92 Å². The lowest BCUT2D eigenvalue weighted by molar-refractivity contribution is 0.101. The summed E-state index contributed by atoms with van der Waals surface area (Å²) < 4.78 is 5.24. The van der Waals surface area contributed by atoms with Crippen LogP contribution in [0.25, 0.3) is 10.6 Å². The second-order valence-electron chi connectivity index (χ2n) is 6.32. The number of nitrogens with zero attached hydrogens (tertiary/aromatic N) is 3. The van der Waals surface area contributed by atoms with Gasteiger partial charge in [-0.25, -0.2) is 9.97 Å². The van der Waals surface area contributed by atoms with E-state index in [1.54, 1.807) is 42.6 Å². The van der Waals surface area contributed by atoms with Crippen LogP contribution in [0.5, 0.6) is 5.75 Å². The first-order valence-electron chi connectivity index (χ1n) is 9.14. The van der Waals surface area contributed by atoms with E-state index in [1.165, 1.54) is 36.0 Å². The summed E-state index contributed by atoms with van der Waals surface area (Å²) in [6, 6.07) is 10.4. The Morgan fingerprint density at radius 1 is 1.00 bits per heavy atom. The minimum absolute atomic E-state index is 0.278. The maximum Gasteiger partial charge on any atom is 0.261 e. The number of carbonyl (C=O) groups excluding carboxylic acids is 2. The molecule has 2 amide bonds. The Morgan fingerprint density at radius 3 is 2.58 bits per heavy atom. The Balaban J connectivity index is 1.49. The SMILES string of the molecule is COc1ccccc1C(=O)Nc1nc(C)c(-c2csc(NC(=O)c3cccnc3)n2)s1. The highest BCUT2D eigenvalue weighted by Crippen LogP contribution is 2.35. The molecule has 0 aliphatic rings. The molecule has 0 spiro atoms. The highest BCUT2D eigenvalue weighted by Gasteiger charge is 2.18. The fraction of sp³-hybridized carbons (Fsp3) is 0.0952. The third-order valence-corrected chi connectivity index (χ3v) is 6.10. The molecule has 0 fully saturated rings. The van der Waals surface area contributed by atoms with Crippen LogP contribution in [0.4, 0.5) is 10.3 Å². The number of aromatic nitrogens is 3. The molecule has 0 radical (unpaired) electrons. The Hall–Kier alpha value is -3.63. The molecule has 3 heterocycles. The maximum absolute atomic E-state index is 12.6.